The molecule has 0 radical (unpaired) electrons. The van der Waals surface area contributed by atoms with E-state index in [1.54, 1.807) is 0 Å². The Morgan fingerprint density at radius 3 is 2.68 bits per heavy atom. The van der Waals surface area contributed by atoms with Gasteiger partial charge in [-0.15, -0.1) is 0 Å². The molecule has 110 valence electrons. The Balaban J connectivity index is 2.12. The number of rotatable bonds is 6. The van der Waals surface area contributed by atoms with E-state index in [2.05, 4.69) is 24.1 Å². The molecule has 5 heteroatoms. The van der Waals surface area contributed by atoms with Crippen molar-refractivity contribution in [1.82, 2.24) is 10.2 Å². The number of primary amides is 1. The fraction of sp³-hybridized carbons (Fsp3) is 0.929. The van der Waals surface area contributed by atoms with Crippen LogP contribution >= 0.6 is 0 Å². The molecule has 0 bridgehead atoms. The lowest BCUT2D eigenvalue weighted by atomic mass is 9.90. The number of morpholine rings is 1. The Morgan fingerprint density at radius 1 is 1.47 bits per heavy atom. The van der Waals surface area contributed by atoms with Crippen molar-refractivity contribution in [2.45, 2.75) is 51.3 Å². The molecule has 2 aliphatic rings. The van der Waals surface area contributed by atoms with Gasteiger partial charge in [0.05, 0.1) is 12.7 Å². The van der Waals surface area contributed by atoms with Crippen LogP contribution in [0, 0.1) is 5.92 Å². The van der Waals surface area contributed by atoms with Gasteiger partial charge in [-0.3, -0.25) is 9.69 Å². The minimum Gasteiger partial charge on any atom is -0.376 e. The Bertz CT molecular complexity index is 333. The largest absolute Gasteiger partial charge is 0.376 e. The van der Waals surface area contributed by atoms with E-state index >= 15 is 0 Å². The van der Waals surface area contributed by atoms with Crippen molar-refractivity contribution in [3.05, 3.63) is 0 Å². The maximum absolute atomic E-state index is 12.1. The van der Waals surface area contributed by atoms with Crippen LogP contribution in [0.25, 0.3) is 0 Å². The summed E-state index contributed by atoms with van der Waals surface area (Å²) in [4.78, 5) is 14.4. The summed E-state index contributed by atoms with van der Waals surface area (Å²) in [6.45, 7) is 9.33. The molecule has 3 N–H and O–H groups in total. The number of nitrogens with one attached hydrogen (secondary N) is 1. The molecule has 0 spiro atoms. The van der Waals surface area contributed by atoms with Crippen LogP contribution in [0.3, 0.4) is 0 Å². The van der Waals surface area contributed by atoms with Crippen LogP contribution in [0.1, 0.15) is 33.6 Å². The minimum absolute atomic E-state index is 0.205. The maximum Gasteiger partial charge on any atom is 0.239 e. The second kappa shape index (κ2) is 5.77. The summed E-state index contributed by atoms with van der Waals surface area (Å²) in [5.74, 6) is 0.193. The first-order valence-corrected chi connectivity index (χ1v) is 7.40. The number of nitrogens with zero attached hydrogens (tertiary/aromatic N) is 1. The van der Waals surface area contributed by atoms with Gasteiger partial charge in [-0.05, 0) is 39.2 Å². The first-order chi connectivity index (χ1) is 8.99. The molecule has 19 heavy (non-hydrogen) atoms. The lowest BCUT2D eigenvalue weighted by Crippen LogP contribution is -2.65. The van der Waals surface area contributed by atoms with E-state index in [0.29, 0.717) is 18.5 Å². The predicted octanol–water partition coefficient (Wildman–Crippen LogP) is 0.339. The number of likely N-dealkylation sites (N-methyl/N-ethyl adjacent to an activating group) is 1. The van der Waals surface area contributed by atoms with Gasteiger partial charge in [-0.25, -0.2) is 0 Å². The summed E-state index contributed by atoms with van der Waals surface area (Å²) in [5, 5.41) is 3.38. The van der Waals surface area contributed by atoms with Gasteiger partial charge in [-0.2, -0.15) is 0 Å². The first-order valence-electron chi connectivity index (χ1n) is 7.40. The molecule has 1 aliphatic carbocycles. The van der Waals surface area contributed by atoms with E-state index in [1.807, 2.05) is 6.92 Å². The first kappa shape index (κ1) is 14.8. The van der Waals surface area contributed by atoms with Crippen molar-refractivity contribution in [2.75, 3.05) is 26.2 Å². The third-order valence-electron chi connectivity index (χ3n) is 4.40. The molecular formula is C14H27N3O2. The monoisotopic (exact) mass is 269 g/mol. The molecular weight excluding hydrogens is 242 g/mol. The molecule has 1 saturated carbocycles. The summed E-state index contributed by atoms with van der Waals surface area (Å²) < 4.78 is 5.65. The van der Waals surface area contributed by atoms with Crippen molar-refractivity contribution in [2.24, 2.45) is 11.7 Å². The lowest BCUT2D eigenvalue weighted by molar-refractivity contribution is -0.128. The Labute approximate surface area is 115 Å². The van der Waals surface area contributed by atoms with Gasteiger partial charge < -0.3 is 15.8 Å². The molecule has 0 aromatic carbocycles. The van der Waals surface area contributed by atoms with E-state index in [-0.39, 0.29) is 12.0 Å². The molecule has 2 rings (SSSR count). The molecule has 3 atom stereocenters. The normalized spacial score (nSPS) is 31.9. The fourth-order valence-electron chi connectivity index (χ4n) is 3.10. The summed E-state index contributed by atoms with van der Waals surface area (Å²) >= 11 is 0. The van der Waals surface area contributed by atoms with E-state index < -0.39 is 5.54 Å². The highest BCUT2D eigenvalue weighted by Crippen LogP contribution is 2.40. The quantitative estimate of drug-likeness (QED) is 0.729. The zero-order valence-corrected chi connectivity index (χ0v) is 12.3. The Hall–Kier alpha value is -0.650. The fourth-order valence-corrected chi connectivity index (χ4v) is 3.10. The third kappa shape index (κ3) is 3.09. The standard InChI is InChI=1S/C14H27N3O2/c1-4-16-14(13(15)18,12-5-6-12)9-17-7-11(3)19-8-10(17)2/h10-12,16H,4-9H2,1-3H3,(H2,15,18). The number of hydrogen-bond donors (Lipinski definition) is 2. The topological polar surface area (TPSA) is 67.6 Å². The van der Waals surface area contributed by atoms with E-state index in [0.717, 1.165) is 32.5 Å². The minimum atomic E-state index is -0.555. The summed E-state index contributed by atoms with van der Waals surface area (Å²) in [5.41, 5.74) is 5.18. The summed E-state index contributed by atoms with van der Waals surface area (Å²) in [7, 11) is 0. The average Bonchev–Trinajstić information content (AvgIpc) is 3.17. The van der Waals surface area contributed by atoms with Gasteiger partial charge in [0.2, 0.25) is 5.91 Å². The van der Waals surface area contributed by atoms with E-state index in [4.69, 9.17) is 10.5 Å². The second-order valence-corrected chi connectivity index (χ2v) is 6.06. The predicted molar refractivity (Wildman–Crippen MR) is 74.8 cm³/mol. The van der Waals surface area contributed by atoms with Crippen LogP contribution in [-0.4, -0.2) is 54.7 Å². The van der Waals surface area contributed by atoms with Crippen molar-refractivity contribution in [3.8, 4) is 0 Å². The van der Waals surface area contributed by atoms with Crippen LogP contribution in [0.2, 0.25) is 0 Å². The zero-order chi connectivity index (χ0) is 14.0. The van der Waals surface area contributed by atoms with Crippen molar-refractivity contribution in [1.29, 1.82) is 0 Å². The van der Waals surface area contributed by atoms with Crippen molar-refractivity contribution < 1.29 is 9.53 Å². The number of carbonyl (C=O) groups is 1. The number of hydrogen-bond acceptors (Lipinski definition) is 4. The van der Waals surface area contributed by atoms with Crippen molar-refractivity contribution in [3.63, 3.8) is 0 Å². The third-order valence-corrected chi connectivity index (χ3v) is 4.40. The number of ether oxygens (including phenoxy) is 1. The highest BCUT2D eigenvalue weighted by molar-refractivity contribution is 5.86. The SMILES string of the molecule is CCNC(CN1CC(C)OCC1C)(C(N)=O)C1CC1. The van der Waals surface area contributed by atoms with Crippen LogP contribution in [0.4, 0.5) is 0 Å². The van der Waals surface area contributed by atoms with Crippen LogP contribution in [-0.2, 0) is 9.53 Å². The molecule has 0 aromatic heterocycles. The molecule has 0 aromatic rings. The second-order valence-electron chi connectivity index (χ2n) is 6.06. The average molecular weight is 269 g/mol. The van der Waals surface area contributed by atoms with Crippen LogP contribution < -0.4 is 11.1 Å². The van der Waals surface area contributed by atoms with Gasteiger partial charge in [0, 0.05) is 19.1 Å². The van der Waals surface area contributed by atoms with Gasteiger partial charge in [-0.1, -0.05) is 6.92 Å². The van der Waals surface area contributed by atoms with Crippen LogP contribution in [0.15, 0.2) is 0 Å². The number of carbonyl (C=O) groups excluding carboxylic acids is 1. The highest BCUT2D eigenvalue weighted by Gasteiger charge is 2.50. The molecule has 1 amide bonds. The van der Waals surface area contributed by atoms with Crippen LogP contribution in [0.5, 0.6) is 0 Å². The lowest BCUT2D eigenvalue weighted by Gasteiger charge is -2.43. The highest BCUT2D eigenvalue weighted by atomic mass is 16.5. The number of nitrogens with two attached hydrogens (primary N) is 1. The van der Waals surface area contributed by atoms with Gasteiger partial charge in [0.15, 0.2) is 0 Å². The van der Waals surface area contributed by atoms with Crippen molar-refractivity contribution >= 4 is 5.91 Å². The molecule has 1 aliphatic heterocycles. The Kier molecular flexibility index (Phi) is 4.48. The van der Waals surface area contributed by atoms with Gasteiger partial charge >= 0.3 is 0 Å². The summed E-state index contributed by atoms with van der Waals surface area (Å²) in [6, 6.07) is 0.340. The maximum atomic E-state index is 12.1. The van der Waals surface area contributed by atoms with E-state index in [1.165, 1.54) is 0 Å². The molecule has 3 unspecified atom stereocenters. The summed E-state index contributed by atoms with van der Waals surface area (Å²) in [6.07, 6.45) is 2.43. The number of amides is 1. The Morgan fingerprint density at radius 2 is 2.16 bits per heavy atom. The van der Waals surface area contributed by atoms with E-state index in [9.17, 15) is 4.79 Å². The van der Waals surface area contributed by atoms with Gasteiger partial charge in [0.1, 0.15) is 5.54 Å². The molecule has 1 heterocycles. The molecule has 5 nitrogen and oxygen atoms in total. The zero-order valence-electron chi connectivity index (χ0n) is 12.3. The van der Waals surface area contributed by atoms with Gasteiger partial charge in [0.25, 0.3) is 0 Å². The molecule has 2 fully saturated rings. The smallest absolute Gasteiger partial charge is 0.239 e. The molecule has 1 saturated heterocycles.